The van der Waals surface area contributed by atoms with Crippen LogP contribution in [0.5, 0.6) is 0 Å². The zero-order valence-corrected chi connectivity index (χ0v) is 23.6. The fraction of sp³-hybridized carbons (Fsp3) is 0.806. The van der Waals surface area contributed by atoms with Crippen LogP contribution in [0, 0.1) is 44.8 Å². The Morgan fingerprint density at radius 3 is 2.42 bits per heavy atom. The first-order chi connectivity index (χ1) is 16.6. The molecule has 198 valence electrons. The normalized spacial score (nSPS) is 46.3. The molecule has 1 aromatic heterocycles. The van der Waals surface area contributed by atoms with E-state index in [9.17, 15) is 9.90 Å². The number of carboxylic acids is 1. The highest BCUT2D eigenvalue weighted by Crippen LogP contribution is 2.75. The summed E-state index contributed by atoms with van der Waals surface area (Å²) >= 11 is 0. The molecule has 0 spiro atoms. The molecule has 4 N–H and O–H groups in total. The average Bonchev–Trinajstić information content (AvgIpc) is 3.14. The van der Waals surface area contributed by atoms with Gasteiger partial charge in [-0.2, -0.15) is 5.10 Å². The lowest BCUT2D eigenvalue weighted by Gasteiger charge is -2.70. The van der Waals surface area contributed by atoms with E-state index in [0.29, 0.717) is 17.7 Å². The summed E-state index contributed by atoms with van der Waals surface area (Å²) in [5.74, 6) is 1.42. The van der Waals surface area contributed by atoms with Crippen LogP contribution in [0.2, 0.25) is 0 Å². The highest BCUT2D eigenvalue weighted by molar-refractivity contribution is 5.76. The Bertz CT molecular complexity index is 1160. The van der Waals surface area contributed by atoms with E-state index in [1.165, 1.54) is 29.7 Å². The van der Waals surface area contributed by atoms with Crippen molar-refractivity contribution in [1.29, 1.82) is 0 Å². The van der Waals surface area contributed by atoms with Gasteiger partial charge in [0.05, 0.1) is 5.41 Å². The summed E-state index contributed by atoms with van der Waals surface area (Å²) in [5.41, 5.74) is 10.4. The lowest BCUT2D eigenvalue weighted by atomic mass is 9.33. The first kappa shape index (κ1) is 24.6. The molecule has 6 rings (SSSR count). The van der Waals surface area contributed by atoms with Gasteiger partial charge in [-0.05, 0) is 97.2 Å². The molecule has 1 aromatic rings. The number of H-pyrrole nitrogens is 1. The maximum Gasteiger partial charge on any atom is 0.310 e. The molecule has 3 fully saturated rings. The Hall–Kier alpha value is -1.78. The molecule has 0 amide bonds. The second-order valence-electron chi connectivity index (χ2n) is 15.5. The van der Waals surface area contributed by atoms with E-state index in [1.54, 1.807) is 0 Å². The number of carbonyl (C=O) groups is 1. The molecule has 0 saturated heterocycles. The van der Waals surface area contributed by atoms with E-state index >= 15 is 0 Å². The third-order valence-corrected chi connectivity index (χ3v) is 13.3. The van der Waals surface area contributed by atoms with Crippen LogP contribution in [0.25, 0.3) is 0 Å². The van der Waals surface area contributed by atoms with Gasteiger partial charge >= 0.3 is 5.97 Å². The number of aromatic amines is 1. The number of carboxylic acid groups (broad SMARTS) is 1. The van der Waals surface area contributed by atoms with Crippen molar-refractivity contribution in [2.75, 3.05) is 5.73 Å². The number of nitrogens with zero attached hydrogens (tertiary/aromatic N) is 1. The summed E-state index contributed by atoms with van der Waals surface area (Å²) in [6.07, 6.45) is 11.7. The Kier molecular flexibility index (Phi) is 4.77. The van der Waals surface area contributed by atoms with Crippen molar-refractivity contribution >= 4 is 11.8 Å². The zero-order chi connectivity index (χ0) is 26.1. The van der Waals surface area contributed by atoms with Crippen molar-refractivity contribution < 1.29 is 9.90 Å². The van der Waals surface area contributed by atoms with Crippen LogP contribution in [-0.4, -0.2) is 21.3 Å². The standard InChI is InChI=1S/C31H47N3O2/c1-26(2)12-14-31(25(35)36)15-13-29(6)19(20(31)17-26)8-9-22-28(5)16-18-23(33-34-24(18)32)27(3,4)21(28)10-11-30(22,29)7/h8,20-22H,9-17H2,1-7H3,(H,35,36)(H3,32,33,34)/t20-,21-,22+,28-,29+,30+,31-/m0/s1. The molecule has 0 bridgehead atoms. The van der Waals surface area contributed by atoms with Gasteiger partial charge in [-0.25, -0.2) is 0 Å². The summed E-state index contributed by atoms with van der Waals surface area (Å²) in [7, 11) is 0. The molecule has 5 heteroatoms. The Morgan fingerprint density at radius 2 is 1.72 bits per heavy atom. The van der Waals surface area contributed by atoms with Crippen LogP contribution in [0.1, 0.15) is 111 Å². The van der Waals surface area contributed by atoms with E-state index < -0.39 is 11.4 Å². The Balaban J connectivity index is 1.47. The number of rotatable bonds is 1. The van der Waals surface area contributed by atoms with Crippen molar-refractivity contribution in [1.82, 2.24) is 10.2 Å². The SMILES string of the molecule is CC1(C)CC[C@]2(C(=O)O)CC[C@]3(C)C(=CC[C@@H]4[C@@]5(C)Cc6c(N)n[nH]c6C(C)(C)[C@@H]5CC[C@]43C)[C@@H]2C1. The molecule has 5 aliphatic carbocycles. The summed E-state index contributed by atoms with van der Waals surface area (Å²) < 4.78 is 0. The number of hydrogen-bond acceptors (Lipinski definition) is 3. The topological polar surface area (TPSA) is 92.0 Å². The first-order valence-corrected chi connectivity index (χ1v) is 14.4. The number of anilines is 1. The van der Waals surface area contributed by atoms with Crippen molar-refractivity contribution in [3.05, 3.63) is 22.9 Å². The van der Waals surface area contributed by atoms with Gasteiger partial charge in [0.1, 0.15) is 5.82 Å². The van der Waals surface area contributed by atoms with Gasteiger partial charge in [-0.3, -0.25) is 9.89 Å². The van der Waals surface area contributed by atoms with Crippen molar-refractivity contribution in [3.63, 3.8) is 0 Å². The number of nitrogens with one attached hydrogen (secondary N) is 1. The van der Waals surface area contributed by atoms with Crippen molar-refractivity contribution in [3.8, 4) is 0 Å². The van der Waals surface area contributed by atoms with Crippen molar-refractivity contribution in [2.24, 2.45) is 44.8 Å². The van der Waals surface area contributed by atoms with E-state index in [0.717, 1.165) is 44.9 Å². The van der Waals surface area contributed by atoms with Crippen LogP contribution in [-0.2, 0) is 16.6 Å². The molecule has 0 aromatic carbocycles. The molecule has 0 radical (unpaired) electrons. The van der Waals surface area contributed by atoms with Gasteiger partial charge in [0.15, 0.2) is 0 Å². The zero-order valence-electron chi connectivity index (χ0n) is 23.6. The van der Waals surface area contributed by atoms with Crippen LogP contribution in [0.4, 0.5) is 5.82 Å². The van der Waals surface area contributed by atoms with E-state index in [4.69, 9.17) is 5.73 Å². The average molecular weight is 494 g/mol. The number of aromatic nitrogens is 2. The molecule has 5 aliphatic rings. The second kappa shape index (κ2) is 6.99. The molecular formula is C31H47N3O2. The highest BCUT2D eigenvalue weighted by atomic mass is 16.4. The van der Waals surface area contributed by atoms with E-state index in [-0.39, 0.29) is 33.0 Å². The quantitative estimate of drug-likeness (QED) is 0.371. The molecule has 0 unspecified atom stereocenters. The fourth-order valence-electron chi connectivity index (χ4n) is 11.1. The van der Waals surface area contributed by atoms with Crippen LogP contribution < -0.4 is 5.73 Å². The molecule has 36 heavy (non-hydrogen) atoms. The number of allylic oxidation sites excluding steroid dienone is 2. The summed E-state index contributed by atoms with van der Waals surface area (Å²) in [5, 5.41) is 18.3. The smallest absolute Gasteiger partial charge is 0.310 e. The monoisotopic (exact) mass is 493 g/mol. The predicted molar refractivity (Wildman–Crippen MR) is 143 cm³/mol. The second-order valence-corrected chi connectivity index (χ2v) is 15.5. The van der Waals surface area contributed by atoms with E-state index in [2.05, 4.69) is 64.7 Å². The van der Waals surface area contributed by atoms with Gasteiger partial charge in [-0.15, -0.1) is 0 Å². The number of aliphatic carboxylic acids is 1. The third kappa shape index (κ3) is 2.73. The molecule has 1 heterocycles. The maximum absolute atomic E-state index is 12.8. The number of fused-ring (bicyclic) bond motifs is 8. The van der Waals surface area contributed by atoms with Gasteiger partial charge < -0.3 is 10.8 Å². The largest absolute Gasteiger partial charge is 0.481 e. The number of nitrogens with two attached hydrogens (primary N) is 1. The minimum absolute atomic E-state index is 0.0115. The van der Waals surface area contributed by atoms with E-state index in [1.807, 2.05) is 0 Å². The van der Waals surface area contributed by atoms with Crippen LogP contribution >= 0.6 is 0 Å². The minimum Gasteiger partial charge on any atom is -0.481 e. The Morgan fingerprint density at radius 1 is 1.03 bits per heavy atom. The summed E-state index contributed by atoms with van der Waals surface area (Å²) in [4.78, 5) is 12.8. The maximum atomic E-state index is 12.8. The van der Waals surface area contributed by atoms with Crippen LogP contribution in [0.3, 0.4) is 0 Å². The Labute approximate surface area is 217 Å². The van der Waals surface area contributed by atoms with Gasteiger partial charge in [0.2, 0.25) is 0 Å². The lowest BCUT2D eigenvalue weighted by molar-refractivity contribution is -0.177. The molecule has 0 aliphatic heterocycles. The van der Waals surface area contributed by atoms with Gasteiger partial charge in [-0.1, -0.05) is 60.1 Å². The molecule has 3 saturated carbocycles. The predicted octanol–water partition coefficient (Wildman–Crippen LogP) is 6.89. The lowest BCUT2D eigenvalue weighted by Crippen LogP contribution is -2.64. The summed E-state index contributed by atoms with van der Waals surface area (Å²) in [6.45, 7) is 17.1. The highest BCUT2D eigenvalue weighted by Gasteiger charge is 2.69. The minimum atomic E-state index is -0.571. The third-order valence-electron chi connectivity index (χ3n) is 13.3. The number of hydrogen-bond donors (Lipinski definition) is 3. The fourth-order valence-corrected chi connectivity index (χ4v) is 11.1. The molecule has 7 atom stereocenters. The van der Waals surface area contributed by atoms with Crippen molar-refractivity contribution in [2.45, 2.75) is 112 Å². The van der Waals surface area contributed by atoms with Crippen LogP contribution in [0.15, 0.2) is 11.6 Å². The van der Waals surface area contributed by atoms with Gasteiger partial charge in [0.25, 0.3) is 0 Å². The molecule has 5 nitrogen and oxygen atoms in total. The number of nitrogen functional groups attached to an aromatic ring is 1. The first-order valence-electron chi connectivity index (χ1n) is 14.4. The van der Waals surface area contributed by atoms with Gasteiger partial charge in [0, 0.05) is 16.7 Å². The summed E-state index contributed by atoms with van der Waals surface area (Å²) in [6, 6.07) is 0. The molecular weight excluding hydrogens is 446 g/mol.